The first-order valence-electron chi connectivity index (χ1n) is 5.72. The summed E-state index contributed by atoms with van der Waals surface area (Å²) in [4.78, 5) is 0. The lowest BCUT2D eigenvalue weighted by molar-refractivity contribution is 0.272. The Morgan fingerprint density at radius 3 is 2.59 bits per heavy atom. The zero-order valence-corrected chi connectivity index (χ0v) is 9.93. The molecule has 17 heavy (non-hydrogen) atoms. The summed E-state index contributed by atoms with van der Waals surface area (Å²) in [5, 5.41) is 0. The molecule has 0 amide bonds. The van der Waals surface area contributed by atoms with Crippen LogP contribution in [0, 0.1) is 6.92 Å². The van der Waals surface area contributed by atoms with Crippen molar-refractivity contribution < 1.29 is 9.15 Å². The highest BCUT2D eigenvalue weighted by Crippen LogP contribution is 2.18. The summed E-state index contributed by atoms with van der Waals surface area (Å²) >= 11 is 0. The number of benzene rings is 1. The molecule has 2 rings (SSSR count). The second-order valence-corrected chi connectivity index (χ2v) is 4.07. The van der Waals surface area contributed by atoms with Gasteiger partial charge in [0.25, 0.3) is 0 Å². The average Bonchev–Trinajstić information content (AvgIpc) is 2.86. The van der Waals surface area contributed by atoms with Gasteiger partial charge in [-0.2, -0.15) is 0 Å². The van der Waals surface area contributed by atoms with Gasteiger partial charge in [-0.3, -0.25) is 0 Å². The highest BCUT2D eigenvalue weighted by molar-refractivity contribution is 5.26. The molecule has 1 unspecified atom stereocenters. The van der Waals surface area contributed by atoms with Gasteiger partial charge in [0, 0.05) is 6.54 Å². The van der Waals surface area contributed by atoms with Gasteiger partial charge in [0.2, 0.25) is 0 Å². The number of nitrogens with two attached hydrogens (primary N) is 1. The van der Waals surface area contributed by atoms with Crippen LogP contribution in [0.1, 0.15) is 17.2 Å². The SMILES string of the molecule is Cc1ccc(OCC(CN)c2ccco2)cc1. The number of rotatable bonds is 5. The van der Waals surface area contributed by atoms with E-state index in [-0.39, 0.29) is 5.92 Å². The van der Waals surface area contributed by atoms with Crippen LogP contribution >= 0.6 is 0 Å². The lowest BCUT2D eigenvalue weighted by Crippen LogP contribution is -2.19. The Balaban J connectivity index is 1.94. The predicted molar refractivity (Wildman–Crippen MR) is 67.2 cm³/mol. The Morgan fingerprint density at radius 2 is 2.00 bits per heavy atom. The summed E-state index contributed by atoms with van der Waals surface area (Å²) in [6.45, 7) is 3.10. The quantitative estimate of drug-likeness (QED) is 0.860. The van der Waals surface area contributed by atoms with E-state index in [1.807, 2.05) is 36.4 Å². The Kier molecular flexibility index (Phi) is 3.83. The van der Waals surface area contributed by atoms with Crippen LogP contribution in [0.2, 0.25) is 0 Å². The first-order valence-corrected chi connectivity index (χ1v) is 5.72. The van der Waals surface area contributed by atoms with Crippen LogP contribution in [-0.4, -0.2) is 13.2 Å². The van der Waals surface area contributed by atoms with Gasteiger partial charge in [0.15, 0.2) is 0 Å². The van der Waals surface area contributed by atoms with Crippen LogP contribution in [0.25, 0.3) is 0 Å². The van der Waals surface area contributed by atoms with Gasteiger partial charge < -0.3 is 14.9 Å². The second-order valence-electron chi connectivity index (χ2n) is 4.07. The van der Waals surface area contributed by atoms with Crippen LogP contribution in [0.15, 0.2) is 47.1 Å². The van der Waals surface area contributed by atoms with E-state index in [4.69, 9.17) is 14.9 Å². The van der Waals surface area contributed by atoms with Gasteiger partial charge in [0.05, 0.1) is 18.8 Å². The monoisotopic (exact) mass is 231 g/mol. The van der Waals surface area contributed by atoms with Crippen molar-refractivity contribution in [3.8, 4) is 5.75 Å². The van der Waals surface area contributed by atoms with Crippen molar-refractivity contribution in [3.63, 3.8) is 0 Å². The van der Waals surface area contributed by atoms with Crippen molar-refractivity contribution >= 4 is 0 Å². The third kappa shape index (κ3) is 3.11. The van der Waals surface area contributed by atoms with Gasteiger partial charge in [-0.1, -0.05) is 17.7 Å². The normalized spacial score (nSPS) is 12.4. The number of furan rings is 1. The van der Waals surface area contributed by atoms with E-state index >= 15 is 0 Å². The minimum atomic E-state index is 0.103. The first kappa shape index (κ1) is 11.7. The Labute approximate surface area is 101 Å². The van der Waals surface area contributed by atoms with Crippen molar-refractivity contribution in [2.24, 2.45) is 5.73 Å². The predicted octanol–water partition coefficient (Wildman–Crippen LogP) is 2.71. The minimum Gasteiger partial charge on any atom is -0.493 e. The summed E-state index contributed by atoms with van der Waals surface area (Å²) in [7, 11) is 0. The molecule has 0 aliphatic rings. The third-order valence-electron chi connectivity index (χ3n) is 2.70. The molecule has 2 aromatic rings. The molecule has 1 heterocycles. The molecule has 1 aromatic carbocycles. The van der Waals surface area contributed by atoms with Gasteiger partial charge >= 0.3 is 0 Å². The van der Waals surface area contributed by atoms with E-state index in [2.05, 4.69) is 6.92 Å². The summed E-state index contributed by atoms with van der Waals surface area (Å²) in [5.41, 5.74) is 6.93. The Bertz CT molecular complexity index is 434. The summed E-state index contributed by atoms with van der Waals surface area (Å²) in [6, 6.07) is 11.8. The lowest BCUT2D eigenvalue weighted by Gasteiger charge is -2.13. The molecule has 2 N–H and O–H groups in total. The minimum absolute atomic E-state index is 0.103. The Hall–Kier alpha value is -1.74. The summed E-state index contributed by atoms with van der Waals surface area (Å²) in [5.74, 6) is 1.84. The first-order chi connectivity index (χ1) is 8.29. The van der Waals surface area contributed by atoms with Crippen molar-refractivity contribution in [1.82, 2.24) is 0 Å². The van der Waals surface area contributed by atoms with Crippen LogP contribution < -0.4 is 10.5 Å². The molecule has 3 nitrogen and oxygen atoms in total. The van der Waals surface area contributed by atoms with Crippen molar-refractivity contribution in [2.45, 2.75) is 12.8 Å². The average molecular weight is 231 g/mol. The topological polar surface area (TPSA) is 48.4 Å². The third-order valence-corrected chi connectivity index (χ3v) is 2.70. The molecule has 1 aromatic heterocycles. The standard InChI is InChI=1S/C14H17NO2/c1-11-4-6-13(7-5-11)17-10-12(9-15)14-3-2-8-16-14/h2-8,12H,9-10,15H2,1H3. The molecule has 3 heteroatoms. The van der Waals surface area contributed by atoms with E-state index < -0.39 is 0 Å². The summed E-state index contributed by atoms with van der Waals surface area (Å²) in [6.07, 6.45) is 1.66. The molecule has 90 valence electrons. The molecule has 0 aliphatic carbocycles. The Morgan fingerprint density at radius 1 is 1.24 bits per heavy atom. The molecule has 0 aliphatic heterocycles. The number of hydrogen-bond acceptors (Lipinski definition) is 3. The van der Waals surface area contributed by atoms with E-state index in [1.165, 1.54) is 5.56 Å². The molecule has 1 atom stereocenters. The number of aryl methyl sites for hydroxylation is 1. The van der Waals surface area contributed by atoms with E-state index in [0.717, 1.165) is 11.5 Å². The van der Waals surface area contributed by atoms with E-state index in [0.29, 0.717) is 13.2 Å². The van der Waals surface area contributed by atoms with Crippen molar-refractivity contribution in [2.75, 3.05) is 13.2 Å². The molecule has 0 saturated heterocycles. The van der Waals surface area contributed by atoms with Crippen LogP contribution in [0.5, 0.6) is 5.75 Å². The zero-order chi connectivity index (χ0) is 12.1. The second kappa shape index (κ2) is 5.55. The highest BCUT2D eigenvalue weighted by Gasteiger charge is 2.13. The van der Waals surface area contributed by atoms with Crippen LogP contribution in [-0.2, 0) is 0 Å². The van der Waals surface area contributed by atoms with E-state index in [9.17, 15) is 0 Å². The van der Waals surface area contributed by atoms with Crippen LogP contribution in [0.3, 0.4) is 0 Å². The molecular formula is C14H17NO2. The fourth-order valence-electron chi connectivity index (χ4n) is 1.62. The van der Waals surface area contributed by atoms with Crippen molar-refractivity contribution in [3.05, 3.63) is 54.0 Å². The zero-order valence-electron chi connectivity index (χ0n) is 9.93. The highest BCUT2D eigenvalue weighted by atomic mass is 16.5. The number of hydrogen-bond donors (Lipinski definition) is 1. The van der Waals surface area contributed by atoms with Gasteiger partial charge in [-0.05, 0) is 31.2 Å². The molecule has 0 saturated carbocycles. The molecule has 0 radical (unpaired) electrons. The largest absolute Gasteiger partial charge is 0.493 e. The molecule has 0 fully saturated rings. The van der Waals surface area contributed by atoms with E-state index in [1.54, 1.807) is 6.26 Å². The van der Waals surface area contributed by atoms with Crippen LogP contribution in [0.4, 0.5) is 0 Å². The summed E-state index contributed by atoms with van der Waals surface area (Å²) < 4.78 is 11.0. The maximum absolute atomic E-state index is 5.71. The lowest BCUT2D eigenvalue weighted by atomic mass is 10.1. The fourth-order valence-corrected chi connectivity index (χ4v) is 1.62. The smallest absolute Gasteiger partial charge is 0.119 e. The maximum Gasteiger partial charge on any atom is 0.119 e. The maximum atomic E-state index is 5.71. The number of ether oxygens (including phenoxy) is 1. The molecule has 0 spiro atoms. The van der Waals surface area contributed by atoms with Gasteiger partial charge in [0.1, 0.15) is 11.5 Å². The molecule has 0 bridgehead atoms. The fraction of sp³-hybridized carbons (Fsp3) is 0.286. The van der Waals surface area contributed by atoms with Gasteiger partial charge in [-0.25, -0.2) is 0 Å². The van der Waals surface area contributed by atoms with Gasteiger partial charge in [-0.15, -0.1) is 0 Å². The van der Waals surface area contributed by atoms with Crippen molar-refractivity contribution in [1.29, 1.82) is 0 Å². The molecular weight excluding hydrogens is 214 g/mol.